The number of carbonyl (C=O) groups excluding carboxylic acids is 3. The summed E-state index contributed by atoms with van der Waals surface area (Å²) in [5.74, 6) is -1.90. The number of nitrogens with one attached hydrogen (secondary N) is 2. The molecule has 0 aliphatic heterocycles. The summed E-state index contributed by atoms with van der Waals surface area (Å²) < 4.78 is 0. The second-order valence-corrected chi connectivity index (χ2v) is 5.16. The molecule has 0 fully saturated rings. The Hall–Kier alpha value is -3.15. The highest BCUT2D eigenvalue weighted by atomic mass is 16.4. The van der Waals surface area contributed by atoms with Crippen molar-refractivity contribution in [1.82, 2.24) is 0 Å². The van der Waals surface area contributed by atoms with Gasteiger partial charge >= 0.3 is 0 Å². The third-order valence-electron chi connectivity index (χ3n) is 3.30. The van der Waals surface area contributed by atoms with Crippen molar-refractivity contribution in [3.63, 3.8) is 0 Å². The molecule has 2 amide bonds. The zero-order valence-corrected chi connectivity index (χ0v) is 13.2. The average Bonchev–Trinajstić information content (AvgIpc) is 2.56. The van der Waals surface area contributed by atoms with Gasteiger partial charge in [0.05, 0.1) is 11.7 Å². The van der Waals surface area contributed by atoms with E-state index < -0.39 is 11.9 Å². The maximum Gasteiger partial charge on any atom is 0.255 e. The SMILES string of the molecule is CCCC(=O)Nc1ccc(C(=O)Nc2ccccc2C(=O)[O-])cc1. The van der Waals surface area contributed by atoms with Crippen LogP contribution in [0.4, 0.5) is 11.4 Å². The highest BCUT2D eigenvalue weighted by molar-refractivity contribution is 6.07. The van der Waals surface area contributed by atoms with Crippen LogP contribution in [-0.2, 0) is 4.79 Å². The number of aromatic carboxylic acids is 1. The molecule has 2 rings (SSSR count). The van der Waals surface area contributed by atoms with E-state index in [1.54, 1.807) is 36.4 Å². The molecule has 0 heterocycles. The normalized spacial score (nSPS) is 10.0. The fourth-order valence-electron chi connectivity index (χ4n) is 2.12. The molecule has 0 radical (unpaired) electrons. The minimum atomic E-state index is -1.36. The van der Waals surface area contributed by atoms with Crippen LogP contribution in [0.25, 0.3) is 0 Å². The lowest BCUT2D eigenvalue weighted by atomic mass is 10.1. The summed E-state index contributed by atoms with van der Waals surface area (Å²) in [6.45, 7) is 1.91. The number of carbonyl (C=O) groups is 3. The van der Waals surface area contributed by atoms with E-state index >= 15 is 0 Å². The number of hydrogen-bond acceptors (Lipinski definition) is 4. The van der Waals surface area contributed by atoms with Gasteiger partial charge in [-0.3, -0.25) is 9.59 Å². The number of hydrogen-bond donors (Lipinski definition) is 2. The third kappa shape index (κ3) is 4.42. The number of amides is 2. The van der Waals surface area contributed by atoms with E-state index in [4.69, 9.17) is 0 Å². The molecule has 0 atom stereocenters. The number of carboxylic acids is 1. The van der Waals surface area contributed by atoms with Crippen LogP contribution in [0.5, 0.6) is 0 Å². The zero-order valence-electron chi connectivity index (χ0n) is 13.2. The molecule has 0 aliphatic carbocycles. The summed E-state index contributed by atoms with van der Waals surface area (Å²) in [6, 6.07) is 12.4. The molecule has 0 aromatic heterocycles. The Morgan fingerprint density at radius 2 is 1.62 bits per heavy atom. The number of rotatable bonds is 6. The van der Waals surface area contributed by atoms with Gasteiger partial charge in [-0.15, -0.1) is 0 Å². The molecule has 2 aromatic carbocycles. The van der Waals surface area contributed by atoms with Gasteiger partial charge in [0.15, 0.2) is 0 Å². The van der Waals surface area contributed by atoms with Crippen molar-refractivity contribution in [3.05, 3.63) is 59.7 Å². The molecule has 2 N–H and O–H groups in total. The van der Waals surface area contributed by atoms with Gasteiger partial charge < -0.3 is 20.5 Å². The van der Waals surface area contributed by atoms with Crippen LogP contribution in [0.2, 0.25) is 0 Å². The summed E-state index contributed by atoms with van der Waals surface area (Å²) in [4.78, 5) is 34.8. The Labute approximate surface area is 139 Å². The number of para-hydroxylation sites is 1. The van der Waals surface area contributed by atoms with Crippen molar-refractivity contribution >= 4 is 29.2 Å². The van der Waals surface area contributed by atoms with Gasteiger partial charge in [0.1, 0.15) is 0 Å². The van der Waals surface area contributed by atoms with Gasteiger partial charge in [0.25, 0.3) is 5.91 Å². The standard InChI is InChI=1S/C18H18N2O4/c1-2-5-16(21)19-13-10-8-12(9-11-13)17(22)20-15-7-4-3-6-14(15)18(23)24/h3-4,6-11H,2,5H2,1H3,(H,19,21)(H,20,22)(H,23,24)/p-1. The molecule has 0 aliphatic rings. The molecule has 6 heteroatoms. The van der Waals surface area contributed by atoms with Crippen LogP contribution in [0.3, 0.4) is 0 Å². The van der Waals surface area contributed by atoms with Gasteiger partial charge in [0.2, 0.25) is 5.91 Å². The molecule has 6 nitrogen and oxygen atoms in total. The Morgan fingerprint density at radius 3 is 2.25 bits per heavy atom. The first-order valence-electron chi connectivity index (χ1n) is 7.53. The molecule has 2 aromatic rings. The van der Waals surface area contributed by atoms with Crippen molar-refractivity contribution in [2.45, 2.75) is 19.8 Å². The molecular weight excluding hydrogens is 308 g/mol. The van der Waals surface area contributed by atoms with Gasteiger partial charge in [-0.1, -0.05) is 25.1 Å². The van der Waals surface area contributed by atoms with Crippen LogP contribution in [0, 0.1) is 0 Å². The molecule has 0 saturated heterocycles. The number of carboxylic acid groups (broad SMARTS) is 1. The van der Waals surface area contributed by atoms with Crippen LogP contribution in [-0.4, -0.2) is 17.8 Å². The average molecular weight is 325 g/mol. The Morgan fingerprint density at radius 1 is 0.958 bits per heavy atom. The molecular formula is C18H17N2O4-. The largest absolute Gasteiger partial charge is 0.545 e. The first kappa shape index (κ1) is 17.2. The zero-order chi connectivity index (χ0) is 17.5. The predicted octanol–water partition coefficient (Wildman–Crippen LogP) is 2.04. The lowest BCUT2D eigenvalue weighted by Gasteiger charge is -2.12. The van der Waals surface area contributed by atoms with Crippen molar-refractivity contribution in [1.29, 1.82) is 0 Å². The van der Waals surface area contributed by atoms with Gasteiger partial charge in [-0.05, 0) is 36.8 Å². The van der Waals surface area contributed by atoms with Crippen molar-refractivity contribution in [2.24, 2.45) is 0 Å². The monoisotopic (exact) mass is 325 g/mol. The fourth-order valence-corrected chi connectivity index (χ4v) is 2.12. The molecule has 0 spiro atoms. The Bertz CT molecular complexity index is 754. The van der Waals surface area contributed by atoms with Gasteiger partial charge in [0, 0.05) is 23.2 Å². The van der Waals surface area contributed by atoms with Crippen molar-refractivity contribution < 1.29 is 19.5 Å². The topological polar surface area (TPSA) is 98.3 Å². The van der Waals surface area contributed by atoms with E-state index in [-0.39, 0.29) is 17.2 Å². The van der Waals surface area contributed by atoms with E-state index in [9.17, 15) is 19.5 Å². The van der Waals surface area contributed by atoms with Gasteiger partial charge in [-0.2, -0.15) is 0 Å². The first-order valence-corrected chi connectivity index (χ1v) is 7.53. The van der Waals surface area contributed by atoms with E-state index in [1.165, 1.54) is 12.1 Å². The molecule has 124 valence electrons. The Balaban J connectivity index is 2.08. The van der Waals surface area contributed by atoms with E-state index in [0.29, 0.717) is 17.7 Å². The molecule has 0 bridgehead atoms. The van der Waals surface area contributed by atoms with Crippen LogP contribution < -0.4 is 15.7 Å². The summed E-state index contributed by atoms with van der Waals surface area (Å²) >= 11 is 0. The number of anilines is 2. The maximum atomic E-state index is 12.2. The van der Waals surface area contributed by atoms with Gasteiger partial charge in [-0.25, -0.2) is 0 Å². The quantitative estimate of drug-likeness (QED) is 0.849. The van der Waals surface area contributed by atoms with Crippen molar-refractivity contribution in [2.75, 3.05) is 10.6 Å². The lowest BCUT2D eigenvalue weighted by molar-refractivity contribution is -0.254. The van der Waals surface area contributed by atoms with E-state index in [1.807, 2.05) is 6.92 Å². The second kappa shape index (κ2) is 7.92. The minimum absolute atomic E-state index is 0.0856. The molecule has 0 unspecified atom stereocenters. The lowest BCUT2D eigenvalue weighted by Crippen LogP contribution is -2.24. The Kier molecular flexibility index (Phi) is 5.68. The maximum absolute atomic E-state index is 12.2. The third-order valence-corrected chi connectivity index (χ3v) is 3.30. The highest BCUT2D eigenvalue weighted by Crippen LogP contribution is 2.16. The fraction of sp³-hybridized carbons (Fsp3) is 0.167. The van der Waals surface area contributed by atoms with Crippen molar-refractivity contribution in [3.8, 4) is 0 Å². The first-order chi connectivity index (χ1) is 11.5. The summed E-state index contributed by atoms with van der Waals surface area (Å²) in [5, 5.41) is 16.3. The second-order valence-electron chi connectivity index (χ2n) is 5.16. The summed E-state index contributed by atoms with van der Waals surface area (Å²) in [5.41, 5.74) is 1.02. The summed E-state index contributed by atoms with van der Waals surface area (Å²) in [6.07, 6.45) is 1.19. The molecule has 0 saturated carbocycles. The minimum Gasteiger partial charge on any atom is -0.545 e. The van der Waals surface area contributed by atoms with Crippen LogP contribution in [0.15, 0.2) is 48.5 Å². The predicted molar refractivity (Wildman–Crippen MR) is 88.7 cm³/mol. The van der Waals surface area contributed by atoms with Crippen LogP contribution in [0.1, 0.15) is 40.5 Å². The smallest absolute Gasteiger partial charge is 0.255 e. The van der Waals surface area contributed by atoms with E-state index in [0.717, 1.165) is 6.42 Å². The van der Waals surface area contributed by atoms with Crippen LogP contribution >= 0.6 is 0 Å². The number of benzene rings is 2. The summed E-state index contributed by atoms with van der Waals surface area (Å²) in [7, 11) is 0. The van der Waals surface area contributed by atoms with E-state index in [2.05, 4.69) is 10.6 Å². The highest BCUT2D eigenvalue weighted by Gasteiger charge is 2.10. The molecule has 24 heavy (non-hydrogen) atoms.